The number of rotatable bonds is 3. The van der Waals surface area contributed by atoms with Crippen molar-refractivity contribution in [2.24, 2.45) is 5.92 Å². The molecule has 1 fully saturated rings. The van der Waals surface area contributed by atoms with Crippen LogP contribution in [0.4, 0.5) is 5.82 Å². The number of hydrogen-bond donors (Lipinski definition) is 1. The van der Waals surface area contributed by atoms with Crippen molar-refractivity contribution in [1.82, 2.24) is 4.98 Å². The molecule has 0 aromatic carbocycles. The molecule has 2 N–H and O–H groups in total. The number of nitrogen functional groups attached to an aromatic ring is 1. The topological polar surface area (TPSA) is 38.9 Å². The number of pyridine rings is 1. The molecule has 88 valence electrons. The van der Waals surface area contributed by atoms with E-state index in [1.54, 1.807) is 0 Å². The molecule has 0 bridgehead atoms. The lowest BCUT2D eigenvalue weighted by molar-refractivity contribution is 0.361. The van der Waals surface area contributed by atoms with Gasteiger partial charge in [0.25, 0.3) is 0 Å². The molecule has 2 rings (SSSR count). The maximum atomic E-state index is 5.59. The van der Waals surface area contributed by atoms with Gasteiger partial charge in [-0.25, -0.2) is 4.98 Å². The third-order valence-electron chi connectivity index (χ3n) is 3.41. The first-order valence-corrected chi connectivity index (χ1v) is 7.05. The molecular formula is C13H20N2S. The second-order valence-electron chi connectivity index (χ2n) is 4.53. The van der Waals surface area contributed by atoms with Crippen molar-refractivity contribution in [2.75, 3.05) is 5.73 Å². The van der Waals surface area contributed by atoms with E-state index in [1.807, 2.05) is 24.0 Å². The summed E-state index contributed by atoms with van der Waals surface area (Å²) in [6.07, 6.45) is 8.76. The third kappa shape index (κ3) is 2.91. The van der Waals surface area contributed by atoms with E-state index in [1.165, 1.54) is 37.0 Å². The Morgan fingerprint density at radius 1 is 1.38 bits per heavy atom. The van der Waals surface area contributed by atoms with Crippen molar-refractivity contribution < 1.29 is 0 Å². The fraction of sp³-hybridized carbons (Fsp3) is 0.615. The Morgan fingerprint density at radius 2 is 2.19 bits per heavy atom. The van der Waals surface area contributed by atoms with Crippen molar-refractivity contribution in [3.05, 3.63) is 18.3 Å². The largest absolute Gasteiger partial charge is 0.384 e. The van der Waals surface area contributed by atoms with Crippen molar-refractivity contribution in [2.45, 2.75) is 49.2 Å². The van der Waals surface area contributed by atoms with Gasteiger partial charge in [0.1, 0.15) is 5.82 Å². The van der Waals surface area contributed by atoms with Crippen LogP contribution in [0.3, 0.4) is 0 Å². The highest BCUT2D eigenvalue weighted by Crippen LogP contribution is 2.38. The van der Waals surface area contributed by atoms with Crippen molar-refractivity contribution >= 4 is 17.6 Å². The van der Waals surface area contributed by atoms with E-state index >= 15 is 0 Å². The number of nitrogens with two attached hydrogens (primary N) is 1. The van der Waals surface area contributed by atoms with Crippen LogP contribution in [-0.4, -0.2) is 10.2 Å². The van der Waals surface area contributed by atoms with Gasteiger partial charge < -0.3 is 5.73 Å². The first kappa shape index (κ1) is 11.8. The number of hydrogen-bond acceptors (Lipinski definition) is 3. The highest BCUT2D eigenvalue weighted by atomic mass is 32.2. The molecule has 1 aromatic rings. The van der Waals surface area contributed by atoms with Crippen LogP contribution in [0, 0.1) is 5.92 Å². The summed E-state index contributed by atoms with van der Waals surface area (Å²) in [5.74, 6) is 1.50. The standard InChI is InChI=1S/C13H20N2S/c1-2-10-5-3-4-6-12(10)16-11-7-8-13(14)15-9-11/h7-10,12H,2-6H2,1H3,(H2,14,15). The number of anilines is 1. The van der Waals surface area contributed by atoms with Gasteiger partial charge in [0.2, 0.25) is 0 Å². The molecule has 0 radical (unpaired) electrons. The zero-order chi connectivity index (χ0) is 11.4. The predicted molar refractivity (Wildman–Crippen MR) is 70.5 cm³/mol. The average Bonchev–Trinajstić information content (AvgIpc) is 2.33. The minimum absolute atomic E-state index is 0.611. The van der Waals surface area contributed by atoms with Crippen LogP contribution in [-0.2, 0) is 0 Å². The molecule has 1 aliphatic rings. The van der Waals surface area contributed by atoms with E-state index in [0.717, 1.165) is 11.2 Å². The highest BCUT2D eigenvalue weighted by molar-refractivity contribution is 8.00. The summed E-state index contributed by atoms with van der Waals surface area (Å²) in [7, 11) is 0. The number of thioether (sulfide) groups is 1. The zero-order valence-electron chi connectivity index (χ0n) is 9.86. The van der Waals surface area contributed by atoms with Crippen LogP contribution in [0.5, 0.6) is 0 Å². The van der Waals surface area contributed by atoms with E-state index in [2.05, 4.69) is 18.0 Å². The Balaban J connectivity index is 1.99. The third-order valence-corrected chi connectivity index (χ3v) is 4.85. The molecule has 0 aliphatic heterocycles. The lowest BCUT2D eigenvalue weighted by Gasteiger charge is -2.30. The lowest BCUT2D eigenvalue weighted by Crippen LogP contribution is -2.21. The van der Waals surface area contributed by atoms with Gasteiger partial charge in [0, 0.05) is 16.3 Å². The lowest BCUT2D eigenvalue weighted by atomic mass is 9.87. The van der Waals surface area contributed by atoms with Gasteiger partial charge in [-0.1, -0.05) is 26.2 Å². The Labute approximate surface area is 102 Å². The molecule has 1 aliphatic carbocycles. The molecule has 0 amide bonds. The molecule has 0 spiro atoms. The summed E-state index contributed by atoms with van der Waals surface area (Å²) in [5.41, 5.74) is 5.59. The summed E-state index contributed by atoms with van der Waals surface area (Å²) < 4.78 is 0. The second kappa shape index (κ2) is 5.58. The Hall–Kier alpha value is -0.700. The van der Waals surface area contributed by atoms with Crippen LogP contribution < -0.4 is 5.73 Å². The molecule has 2 unspecified atom stereocenters. The molecule has 16 heavy (non-hydrogen) atoms. The minimum Gasteiger partial charge on any atom is -0.384 e. The fourth-order valence-electron chi connectivity index (χ4n) is 2.43. The van der Waals surface area contributed by atoms with Gasteiger partial charge in [0.05, 0.1) is 0 Å². The van der Waals surface area contributed by atoms with Gasteiger partial charge in [0.15, 0.2) is 0 Å². The zero-order valence-corrected chi connectivity index (χ0v) is 10.7. The fourth-order valence-corrected chi connectivity index (χ4v) is 3.85. The van der Waals surface area contributed by atoms with Crippen LogP contribution in [0.2, 0.25) is 0 Å². The van der Waals surface area contributed by atoms with Crippen molar-refractivity contribution in [3.8, 4) is 0 Å². The van der Waals surface area contributed by atoms with E-state index in [9.17, 15) is 0 Å². The van der Waals surface area contributed by atoms with Gasteiger partial charge >= 0.3 is 0 Å². The molecular weight excluding hydrogens is 216 g/mol. The highest BCUT2D eigenvalue weighted by Gasteiger charge is 2.24. The number of nitrogens with zero attached hydrogens (tertiary/aromatic N) is 1. The first-order chi connectivity index (χ1) is 7.79. The summed E-state index contributed by atoms with van der Waals surface area (Å²) in [5, 5.41) is 0.782. The van der Waals surface area contributed by atoms with E-state index in [0.29, 0.717) is 5.82 Å². The van der Waals surface area contributed by atoms with Crippen LogP contribution in [0.25, 0.3) is 0 Å². The predicted octanol–water partition coefficient (Wildman–Crippen LogP) is 3.72. The maximum absolute atomic E-state index is 5.59. The minimum atomic E-state index is 0.611. The monoisotopic (exact) mass is 236 g/mol. The molecule has 2 nitrogen and oxygen atoms in total. The first-order valence-electron chi connectivity index (χ1n) is 6.17. The van der Waals surface area contributed by atoms with Gasteiger partial charge in [-0.15, -0.1) is 11.8 Å². The van der Waals surface area contributed by atoms with E-state index in [4.69, 9.17) is 5.73 Å². The summed E-state index contributed by atoms with van der Waals surface area (Å²) in [4.78, 5) is 5.42. The molecule has 2 atom stereocenters. The number of aromatic nitrogens is 1. The SMILES string of the molecule is CCC1CCCCC1Sc1ccc(N)nc1. The van der Waals surface area contributed by atoms with Crippen molar-refractivity contribution in [3.63, 3.8) is 0 Å². The van der Waals surface area contributed by atoms with Gasteiger partial charge in [-0.05, 0) is 30.9 Å². The summed E-state index contributed by atoms with van der Waals surface area (Å²) in [6.45, 7) is 2.31. The molecule has 1 heterocycles. The van der Waals surface area contributed by atoms with Crippen LogP contribution in [0.15, 0.2) is 23.2 Å². The molecule has 1 aromatic heterocycles. The Bertz CT molecular complexity index is 323. The van der Waals surface area contributed by atoms with Crippen molar-refractivity contribution in [1.29, 1.82) is 0 Å². The summed E-state index contributed by atoms with van der Waals surface area (Å²) in [6, 6.07) is 3.99. The summed E-state index contributed by atoms with van der Waals surface area (Å²) >= 11 is 1.99. The molecule has 3 heteroatoms. The van der Waals surface area contributed by atoms with Gasteiger partial charge in [-0.2, -0.15) is 0 Å². The van der Waals surface area contributed by atoms with E-state index < -0.39 is 0 Å². The quantitative estimate of drug-likeness (QED) is 0.869. The smallest absolute Gasteiger partial charge is 0.123 e. The molecule has 0 saturated heterocycles. The average molecular weight is 236 g/mol. The van der Waals surface area contributed by atoms with Gasteiger partial charge in [-0.3, -0.25) is 0 Å². The maximum Gasteiger partial charge on any atom is 0.123 e. The van der Waals surface area contributed by atoms with E-state index in [-0.39, 0.29) is 0 Å². The molecule has 1 saturated carbocycles. The second-order valence-corrected chi connectivity index (χ2v) is 5.84. The Morgan fingerprint density at radius 3 is 2.88 bits per heavy atom. The normalized spacial score (nSPS) is 25.6. The Kier molecular flexibility index (Phi) is 4.10. The van der Waals surface area contributed by atoms with Crippen LogP contribution >= 0.6 is 11.8 Å². The van der Waals surface area contributed by atoms with Crippen LogP contribution in [0.1, 0.15) is 39.0 Å².